The van der Waals surface area contributed by atoms with Gasteiger partial charge in [-0.15, -0.1) is 0 Å². The fourth-order valence-corrected chi connectivity index (χ4v) is 3.19. The van der Waals surface area contributed by atoms with Crippen LogP contribution in [0.3, 0.4) is 0 Å². The molecule has 326 valence electrons. The summed E-state index contributed by atoms with van der Waals surface area (Å²) in [6.07, 6.45) is -58.6. The molecule has 0 aromatic heterocycles. The molecule has 0 aromatic rings. The number of alkyl halides is 21. The number of carbonyl (C=O) groups excluding carboxylic acids is 3. The zero-order chi connectivity index (χ0) is 45.3. The van der Waals surface area contributed by atoms with Crippen LogP contribution in [-0.4, -0.2) is 98.3 Å². The summed E-state index contributed by atoms with van der Waals surface area (Å²) in [5.74, 6) is -28.4. The minimum atomic E-state index is -9.37. The first-order chi connectivity index (χ1) is 24.4. The van der Waals surface area contributed by atoms with Gasteiger partial charge in [0.2, 0.25) is 0 Å². The zero-order valence-corrected chi connectivity index (χ0v) is 27.4. The van der Waals surface area contributed by atoms with E-state index in [2.05, 4.69) is 33.9 Å². The second-order valence-corrected chi connectivity index (χ2v) is 10.9. The summed E-state index contributed by atoms with van der Waals surface area (Å²) in [6.45, 7) is -1.79. The van der Waals surface area contributed by atoms with Crippen LogP contribution in [-0.2, 0) is 42.8 Å². The molecule has 0 aliphatic carbocycles. The van der Waals surface area contributed by atoms with Gasteiger partial charge in [-0.25, -0.2) is 14.4 Å². The Balaban J connectivity index is 8.58. The van der Waals surface area contributed by atoms with Crippen molar-refractivity contribution in [3.63, 3.8) is 0 Å². The largest absolute Gasteiger partial charge is 0.456 e. The van der Waals surface area contributed by atoms with Crippen molar-refractivity contribution in [3.8, 4) is 0 Å². The van der Waals surface area contributed by atoms with E-state index < -0.39 is 120 Å². The van der Waals surface area contributed by atoms with Gasteiger partial charge < -0.3 is 14.2 Å². The smallest absolute Gasteiger partial charge is 0.452 e. The average Bonchev–Trinajstić information content (AvgIpc) is 2.93. The van der Waals surface area contributed by atoms with Crippen LogP contribution in [0.5, 0.6) is 0 Å². The molecule has 0 saturated carbocycles. The summed E-state index contributed by atoms with van der Waals surface area (Å²) in [4.78, 5) is 34.3. The summed E-state index contributed by atoms with van der Waals surface area (Å²) >= 11 is 0. The molecule has 9 nitrogen and oxygen atoms in total. The van der Waals surface area contributed by atoms with E-state index in [-0.39, 0.29) is 0 Å². The normalized spacial score (nSPS) is 18.0. The van der Waals surface area contributed by atoms with Crippen molar-refractivity contribution in [2.75, 3.05) is 19.8 Å². The van der Waals surface area contributed by atoms with E-state index >= 15 is 39.5 Å². The lowest BCUT2D eigenvalue weighted by Gasteiger charge is -2.50. The van der Waals surface area contributed by atoms with Crippen molar-refractivity contribution < 1.29 is 135 Å². The quantitative estimate of drug-likeness (QED) is 0.0581. The molecule has 0 radical (unpaired) electrons. The Bertz CT molecular complexity index is 1350. The van der Waals surface area contributed by atoms with Gasteiger partial charge in [-0.1, -0.05) is 19.7 Å². The Morgan fingerprint density at radius 2 is 0.554 bits per heavy atom. The van der Waals surface area contributed by atoms with Gasteiger partial charge >= 0.3 is 83.9 Å². The van der Waals surface area contributed by atoms with E-state index in [4.69, 9.17) is 0 Å². The molecular formula is C26H21F21O9. The van der Waals surface area contributed by atoms with Crippen molar-refractivity contribution in [2.24, 2.45) is 5.41 Å². The number of ether oxygens (including phenoxy) is 6. The number of carbonyl (C=O) groups is 3. The van der Waals surface area contributed by atoms with Gasteiger partial charge in [-0.05, 0) is 20.8 Å². The van der Waals surface area contributed by atoms with Crippen LogP contribution < -0.4 is 0 Å². The van der Waals surface area contributed by atoms with Crippen LogP contribution in [0.1, 0.15) is 20.8 Å². The molecule has 56 heavy (non-hydrogen) atoms. The Morgan fingerprint density at radius 3 is 0.679 bits per heavy atom. The number of esters is 3. The van der Waals surface area contributed by atoms with E-state index in [1.54, 1.807) is 0 Å². The highest BCUT2D eigenvalue weighted by molar-refractivity contribution is 5.87. The number of hydrogen-bond donors (Lipinski definition) is 0. The van der Waals surface area contributed by atoms with Crippen LogP contribution >= 0.6 is 0 Å². The molecule has 0 saturated heterocycles. The molecule has 0 fully saturated rings. The minimum absolute atomic E-state index is 0.463. The molecule has 0 aliphatic heterocycles. The second kappa shape index (κ2) is 16.1. The average molecular weight is 876 g/mol. The van der Waals surface area contributed by atoms with Crippen LogP contribution in [0.15, 0.2) is 36.5 Å². The van der Waals surface area contributed by atoms with Gasteiger partial charge in [0.25, 0.3) is 0 Å². The van der Waals surface area contributed by atoms with Gasteiger partial charge in [0, 0.05) is 16.7 Å². The van der Waals surface area contributed by atoms with E-state index in [0.29, 0.717) is 20.8 Å². The van der Waals surface area contributed by atoms with Crippen molar-refractivity contribution in [2.45, 2.75) is 81.4 Å². The lowest BCUT2D eigenvalue weighted by molar-refractivity contribution is -0.596. The minimum Gasteiger partial charge on any atom is -0.456 e. The third-order valence-electron chi connectivity index (χ3n) is 6.09. The molecule has 3 atom stereocenters. The summed E-state index contributed by atoms with van der Waals surface area (Å²) in [5, 5.41) is 0. The first-order valence-corrected chi connectivity index (χ1v) is 13.4. The van der Waals surface area contributed by atoms with Crippen LogP contribution in [0.2, 0.25) is 0 Å². The lowest BCUT2D eigenvalue weighted by Crippen LogP contribution is -2.77. The second-order valence-electron chi connectivity index (χ2n) is 10.9. The molecule has 0 amide bonds. The summed E-state index contributed by atoms with van der Waals surface area (Å²) in [5.41, 5.74) is -12.8. The van der Waals surface area contributed by atoms with Crippen molar-refractivity contribution in [3.05, 3.63) is 36.5 Å². The maximum atomic E-state index is 15.6. The van der Waals surface area contributed by atoms with Crippen LogP contribution in [0.25, 0.3) is 0 Å². The van der Waals surface area contributed by atoms with Crippen LogP contribution in [0, 0.1) is 5.41 Å². The van der Waals surface area contributed by atoms with Gasteiger partial charge in [-0.3, -0.25) is 14.2 Å². The molecule has 0 rings (SSSR count). The molecule has 0 N–H and O–H groups in total. The van der Waals surface area contributed by atoms with Crippen LogP contribution in [0.4, 0.5) is 92.2 Å². The molecule has 0 heterocycles. The van der Waals surface area contributed by atoms with Gasteiger partial charge in [0.1, 0.15) is 0 Å². The summed E-state index contributed by atoms with van der Waals surface area (Å²) in [6, 6.07) is 0. The number of hydrogen-bond acceptors (Lipinski definition) is 9. The molecule has 30 heteroatoms. The van der Waals surface area contributed by atoms with Crippen molar-refractivity contribution >= 4 is 17.9 Å². The topological polar surface area (TPSA) is 107 Å². The molecule has 0 spiro atoms. The molecule has 0 aliphatic rings. The maximum absolute atomic E-state index is 15.6. The number of halogens is 21. The predicted octanol–water partition coefficient (Wildman–Crippen LogP) is 8.41. The highest BCUT2D eigenvalue weighted by Crippen LogP contribution is 2.69. The Labute approximate surface area is 296 Å². The zero-order valence-electron chi connectivity index (χ0n) is 27.4. The fourth-order valence-electron chi connectivity index (χ4n) is 3.19. The number of rotatable bonds is 18. The van der Waals surface area contributed by atoms with E-state index in [1.165, 1.54) is 0 Å². The highest BCUT2D eigenvalue weighted by Gasteiger charge is 2.97. The standard InChI is InChI=1S/C26H21F21O9/c1-10(2)13(48)51-7-16(27,20(30,31)32)54-24(42,43)19(23(39,40)41,25(44,45)55-17(28,21(33,34)35)8-52-14(49)11(3)4)26(46,47)56-18(29,22(36,37)38)9-53-15(50)12(5)6/h1,3,5,7-9H2,2,4,6H3. The van der Waals surface area contributed by atoms with E-state index in [0.717, 1.165) is 0 Å². The van der Waals surface area contributed by atoms with Crippen molar-refractivity contribution in [1.29, 1.82) is 0 Å². The highest BCUT2D eigenvalue weighted by atomic mass is 19.4. The van der Waals surface area contributed by atoms with Gasteiger partial charge in [0.15, 0.2) is 19.8 Å². The van der Waals surface area contributed by atoms with Crippen molar-refractivity contribution in [1.82, 2.24) is 0 Å². The lowest BCUT2D eigenvalue weighted by atomic mass is 9.81. The molecule has 3 unspecified atom stereocenters. The fraction of sp³-hybridized carbons (Fsp3) is 0.654. The van der Waals surface area contributed by atoms with E-state index in [9.17, 15) is 67.1 Å². The van der Waals surface area contributed by atoms with Gasteiger partial charge in [-0.2, -0.15) is 92.2 Å². The monoisotopic (exact) mass is 876 g/mol. The molecule has 0 aromatic carbocycles. The third-order valence-corrected chi connectivity index (χ3v) is 6.09. The Hall–Kier alpha value is -3.96. The maximum Gasteiger partial charge on any atom is 0.452 e. The summed E-state index contributed by atoms with van der Waals surface area (Å²) in [7, 11) is 0. The Kier molecular flexibility index (Phi) is 15.0. The van der Waals surface area contributed by atoms with E-state index in [1.807, 2.05) is 14.2 Å². The first-order valence-electron chi connectivity index (χ1n) is 13.4. The first kappa shape index (κ1) is 52.0. The molecule has 0 bridgehead atoms. The molecular weight excluding hydrogens is 855 g/mol. The third kappa shape index (κ3) is 10.5. The van der Waals surface area contributed by atoms with Gasteiger partial charge in [0.05, 0.1) is 0 Å². The Morgan fingerprint density at radius 1 is 0.375 bits per heavy atom. The predicted molar refractivity (Wildman–Crippen MR) is 134 cm³/mol. The SMILES string of the molecule is C=C(C)C(=O)OCC(F)(OC(F)(F)C(C(F)(F)F)(C(F)(F)OC(F)(COC(=O)C(=C)C)C(F)(F)F)C(F)(F)OC(F)(COC(=O)C(=C)C)C(F)(F)F)C(F)(F)F. The summed E-state index contributed by atoms with van der Waals surface area (Å²) < 4.78 is 321.